The van der Waals surface area contributed by atoms with Crippen molar-refractivity contribution >= 4 is 17.8 Å². The summed E-state index contributed by atoms with van der Waals surface area (Å²) in [6, 6.07) is 4.41. The topological polar surface area (TPSA) is 84.6 Å². The summed E-state index contributed by atoms with van der Waals surface area (Å²) in [5, 5.41) is 14.8. The monoisotopic (exact) mass is 289 g/mol. The Morgan fingerprint density at radius 3 is 2.76 bits per heavy atom. The van der Waals surface area contributed by atoms with Crippen LogP contribution in [0.1, 0.15) is 48.0 Å². The lowest BCUT2D eigenvalue weighted by molar-refractivity contribution is -0.385. The average Bonchev–Trinajstić information content (AvgIpc) is 2.48. The minimum atomic E-state index is -0.489. The third-order valence-corrected chi connectivity index (χ3v) is 3.77. The summed E-state index contributed by atoms with van der Waals surface area (Å²) < 4.78 is 0. The van der Waals surface area contributed by atoms with Crippen LogP contribution in [0.2, 0.25) is 0 Å². The molecule has 0 atom stereocenters. The first-order valence-electron chi connectivity index (χ1n) is 7.16. The maximum absolute atomic E-state index is 11.9. The van der Waals surface area contributed by atoms with Crippen LogP contribution < -0.4 is 5.43 Å². The van der Waals surface area contributed by atoms with E-state index in [1.807, 2.05) is 0 Å². The minimum absolute atomic E-state index is 0.0566. The number of nitro benzene ring substituents is 1. The van der Waals surface area contributed by atoms with Crippen LogP contribution in [0, 0.1) is 23.0 Å². The van der Waals surface area contributed by atoms with Gasteiger partial charge in [0.15, 0.2) is 0 Å². The molecule has 0 bridgehead atoms. The summed E-state index contributed by atoms with van der Waals surface area (Å²) in [5.74, 6) is -0.00318. The van der Waals surface area contributed by atoms with Gasteiger partial charge < -0.3 is 0 Å². The predicted molar refractivity (Wildman–Crippen MR) is 80.4 cm³/mol. The summed E-state index contributed by atoms with van der Waals surface area (Å²) >= 11 is 0. The van der Waals surface area contributed by atoms with Crippen LogP contribution in [-0.2, 0) is 0 Å². The zero-order valence-corrected chi connectivity index (χ0v) is 12.0. The largest absolute Gasteiger partial charge is 0.273 e. The van der Waals surface area contributed by atoms with Gasteiger partial charge in [0.25, 0.3) is 11.6 Å². The van der Waals surface area contributed by atoms with E-state index in [0.717, 1.165) is 12.8 Å². The van der Waals surface area contributed by atoms with Gasteiger partial charge >= 0.3 is 0 Å². The van der Waals surface area contributed by atoms with Crippen LogP contribution in [0.4, 0.5) is 5.69 Å². The fraction of sp³-hybridized carbons (Fsp3) is 0.467. The highest BCUT2D eigenvalue weighted by Gasteiger charge is 2.15. The molecule has 0 heterocycles. The predicted octanol–water partition coefficient (Wildman–Crippen LogP) is 3.20. The Bertz CT molecular complexity index is 563. The number of nitrogens with one attached hydrogen (secondary N) is 1. The second-order valence-electron chi connectivity index (χ2n) is 5.38. The molecule has 112 valence electrons. The van der Waals surface area contributed by atoms with Crippen molar-refractivity contribution in [1.29, 1.82) is 0 Å². The summed E-state index contributed by atoms with van der Waals surface area (Å²) in [5.41, 5.74) is 3.16. The molecule has 0 radical (unpaired) electrons. The molecular weight excluding hydrogens is 270 g/mol. The highest BCUT2D eigenvalue weighted by atomic mass is 16.6. The van der Waals surface area contributed by atoms with Crippen molar-refractivity contribution in [3.63, 3.8) is 0 Å². The van der Waals surface area contributed by atoms with Crippen LogP contribution in [0.15, 0.2) is 23.3 Å². The molecule has 1 aromatic rings. The Morgan fingerprint density at radius 1 is 1.38 bits per heavy atom. The Morgan fingerprint density at radius 2 is 2.10 bits per heavy atom. The number of amides is 1. The molecule has 6 nitrogen and oxygen atoms in total. The van der Waals surface area contributed by atoms with Crippen molar-refractivity contribution in [1.82, 2.24) is 5.43 Å². The number of rotatable bonds is 4. The van der Waals surface area contributed by atoms with Crippen LogP contribution in [0.25, 0.3) is 0 Å². The van der Waals surface area contributed by atoms with E-state index in [9.17, 15) is 14.9 Å². The Balaban J connectivity index is 1.98. The van der Waals surface area contributed by atoms with E-state index in [1.165, 1.54) is 25.3 Å². The molecule has 1 saturated carbocycles. The third kappa shape index (κ3) is 4.11. The number of hydrogen-bond donors (Lipinski definition) is 1. The average molecular weight is 289 g/mol. The van der Waals surface area contributed by atoms with Crippen LogP contribution >= 0.6 is 0 Å². The molecule has 6 heteroatoms. The number of benzene rings is 1. The van der Waals surface area contributed by atoms with Crippen LogP contribution in [0.5, 0.6) is 0 Å². The second-order valence-corrected chi connectivity index (χ2v) is 5.38. The van der Waals surface area contributed by atoms with Crippen molar-refractivity contribution in [2.45, 2.75) is 39.0 Å². The lowest BCUT2D eigenvalue weighted by Gasteiger charge is -2.16. The van der Waals surface area contributed by atoms with Gasteiger partial charge in [-0.15, -0.1) is 0 Å². The molecule has 0 unspecified atom stereocenters. The fourth-order valence-corrected chi connectivity index (χ4v) is 2.50. The van der Waals surface area contributed by atoms with E-state index in [-0.39, 0.29) is 11.3 Å². The number of nitro groups is 1. The first kappa shape index (κ1) is 15.2. The molecule has 0 aliphatic heterocycles. The van der Waals surface area contributed by atoms with Crippen LogP contribution in [0.3, 0.4) is 0 Å². The number of hydrazone groups is 1. The first-order chi connectivity index (χ1) is 10.1. The van der Waals surface area contributed by atoms with E-state index in [1.54, 1.807) is 25.3 Å². The fourth-order valence-electron chi connectivity index (χ4n) is 2.50. The quantitative estimate of drug-likeness (QED) is 0.524. The Kier molecular flexibility index (Phi) is 5.03. The van der Waals surface area contributed by atoms with E-state index in [4.69, 9.17) is 0 Å². The molecule has 1 N–H and O–H groups in total. The van der Waals surface area contributed by atoms with E-state index < -0.39 is 10.8 Å². The maximum atomic E-state index is 11.9. The standard InChI is InChI=1S/C15H19N3O3/c1-11-7-8-13(9-14(11)18(20)21)15(19)17-16-10-12-5-3-2-4-6-12/h7-10,12H,2-6H2,1H3,(H,17,19)/b16-10+. The van der Waals surface area contributed by atoms with Gasteiger partial charge in [-0.3, -0.25) is 14.9 Å². The summed E-state index contributed by atoms with van der Waals surface area (Å²) in [6.07, 6.45) is 7.66. The lowest BCUT2D eigenvalue weighted by Crippen LogP contribution is -2.19. The van der Waals surface area contributed by atoms with E-state index >= 15 is 0 Å². The summed E-state index contributed by atoms with van der Waals surface area (Å²) in [7, 11) is 0. The molecule has 1 fully saturated rings. The highest BCUT2D eigenvalue weighted by Crippen LogP contribution is 2.22. The number of hydrogen-bond acceptors (Lipinski definition) is 4. The molecule has 1 amide bonds. The maximum Gasteiger partial charge on any atom is 0.273 e. The van der Waals surface area contributed by atoms with E-state index in [0.29, 0.717) is 11.5 Å². The molecule has 0 saturated heterocycles. The number of nitrogens with zero attached hydrogens (tertiary/aromatic N) is 2. The minimum Gasteiger partial charge on any atom is -0.267 e. The van der Waals surface area contributed by atoms with Gasteiger partial charge in [0.1, 0.15) is 0 Å². The first-order valence-corrected chi connectivity index (χ1v) is 7.16. The molecule has 1 aliphatic carbocycles. The van der Waals surface area contributed by atoms with E-state index in [2.05, 4.69) is 10.5 Å². The zero-order chi connectivity index (χ0) is 15.2. The zero-order valence-electron chi connectivity index (χ0n) is 12.0. The van der Waals surface area contributed by atoms with Crippen molar-refractivity contribution in [2.24, 2.45) is 11.0 Å². The van der Waals surface area contributed by atoms with Crippen molar-refractivity contribution in [2.75, 3.05) is 0 Å². The van der Waals surface area contributed by atoms with Gasteiger partial charge in [-0.2, -0.15) is 5.10 Å². The second kappa shape index (κ2) is 6.97. The van der Waals surface area contributed by atoms with Crippen LogP contribution in [-0.4, -0.2) is 17.0 Å². The molecular formula is C15H19N3O3. The van der Waals surface area contributed by atoms with Crippen molar-refractivity contribution in [3.05, 3.63) is 39.4 Å². The third-order valence-electron chi connectivity index (χ3n) is 3.77. The number of carbonyl (C=O) groups is 1. The molecule has 0 spiro atoms. The smallest absolute Gasteiger partial charge is 0.267 e. The van der Waals surface area contributed by atoms with Gasteiger partial charge in [-0.05, 0) is 31.7 Å². The Labute approximate surface area is 123 Å². The summed E-state index contributed by atoms with van der Waals surface area (Å²) in [6.45, 7) is 1.64. The number of carbonyl (C=O) groups excluding carboxylic acids is 1. The molecule has 1 aliphatic rings. The lowest BCUT2D eigenvalue weighted by atomic mass is 9.90. The molecule has 0 aromatic heterocycles. The van der Waals surface area contributed by atoms with Crippen molar-refractivity contribution < 1.29 is 9.72 Å². The van der Waals surface area contributed by atoms with Gasteiger partial charge in [-0.1, -0.05) is 25.3 Å². The highest BCUT2D eigenvalue weighted by molar-refractivity contribution is 5.95. The molecule has 1 aromatic carbocycles. The molecule has 2 rings (SSSR count). The molecule has 21 heavy (non-hydrogen) atoms. The summed E-state index contributed by atoms with van der Waals surface area (Å²) in [4.78, 5) is 22.3. The van der Waals surface area contributed by atoms with Gasteiger partial charge in [0, 0.05) is 23.4 Å². The van der Waals surface area contributed by atoms with Gasteiger partial charge in [0.05, 0.1) is 4.92 Å². The normalized spacial score (nSPS) is 16.0. The number of aryl methyl sites for hydroxylation is 1. The van der Waals surface area contributed by atoms with Crippen molar-refractivity contribution in [3.8, 4) is 0 Å². The Hall–Kier alpha value is -2.24. The SMILES string of the molecule is Cc1ccc(C(=O)N/N=C/C2CCCCC2)cc1[N+](=O)[O-]. The van der Waals surface area contributed by atoms with Gasteiger partial charge in [-0.25, -0.2) is 5.43 Å². The van der Waals surface area contributed by atoms with Gasteiger partial charge in [0.2, 0.25) is 0 Å².